The van der Waals surface area contributed by atoms with Crippen molar-refractivity contribution in [2.45, 2.75) is 26.1 Å². The summed E-state index contributed by atoms with van der Waals surface area (Å²) in [6.45, 7) is 4.55. The van der Waals surface area contributed by atoms with Crippen LogP contribution >= 0.6 is 7.94 Å². The van der Waals surface area contributed by atoms with E-state index in [-0.39, 0.29) is 25.2 Å². The van der Waals surface area contributed by atoms with Crippen LogP contribution in [-0.2, 0) is 25.2 Å². The van der Waals surface area contributed by atoms with Crippen LogP contribution in [0.5, 0.6) is 0 Å². The molecule has 0 saturated carbocycles. The fraction of sp³-hybridized carbons (Fsp3) is 0.350. The van der Waals surface area contributed by atoms with E-state index >= 15 is 0 Å². The van der Waals surface area contributed by atoms with Crippen LogP contribution in [-0.4, -0.2) is 19.2 Å². The van der Waals surface area contributed by atoms with E-state index in [0.29, 0.717) is 5.56 Å². The molecule has 0 radical (unpaired) electrons. The van der Waals surface area contributed by atoms with Gasteiger partial charge in [-0.1, -0.05) is 74.5 Å². The largest absolute Gasteiger partial charge is 0.630 e. The van der Waals surface area contributed by atoms with Crippen LogP contribution in [0.1, 0.15) is 30.6 Å². The van der Waals surface area contributed by atoms with Gasteiger partial charge in [-0.3, -0.25) is 0 Å². The van der Waals surface area contributed by atoms with Gasteiger partial charge in [0.2, 0.25) is 5.66 Å². The summed E-state index contributed by atoms with van der Waals surface area (Å²) in [5.41, 5.74) is 0.0815. The Hall–Kier alpha value is -1.78. The molecule has 2 aromatic carbocycles. The van der Waals surface area contributed by atoms with Crippen LogP contribution in [0, 0.1) is 5.41 Å². The number of carbonyl (C=O) groups excluding carboxylic acids is 1. The number of hydrogen-bond acceptors (Lipinski definition) is 5. The molecule has 1 fully saturated rings. The molecule has 6 heteroatoms. The van der Waals surface area contributed by atoms with Gasteiger partial charge in [0, 0.05) is 11.0 Å². The minimum absolute atomic E-state index is 0.106. The predicted molar refractivity (Wildman–Crippen MR) is 98.0 cm³/mol. The summed E-state index contributed by atoms with van der Waals surface area (Å²) in [4.78, 5) is 26.2. The Morgan fingerprint density at radius 2 is 1.62 bits per heavy atom. The van der Waals surface area contributed by atoms with Gasteiger partial charge in [-0.15, -0.1) is 0 Å². The average molecular weight is 374 g/mol. The highest BCUT2D eigenvalue weighted by Crippen LogP contribution is 2.67. The first-order valence-electron chi connectivity index (χ1n) is 8.54. The lowest BCUT2D eigenvalue weighted by Gasteiger charge is -2.40. The highest BCUT2D eigenvalue weighted by Gasteiger charge is 2.52. The van der Waals surface area contributed by atoms with Crippen LogP contribution in [0.3, 0.4) is 0 Å². The van der Waals surface area contributed by atoms with E-state index in [1.807, 2.05) is 50.2 Å². The molecule has 0 aliphatic carbocycles. The van der Waals surface area contributed by atoms with Crippen molar-refractivity contribution in [2.75, 3.05) is 13.2 Å². The average Bonchev–Trinajstić information content (AvgIpc) is 2.65. The molecule has 1 heterocycles. The molecular weight excluding hydrogens is 351 g/mol. The monoisotopic (exact) mass is 374 g/mol. The molecule has 1 unspecified atom stereocenters. The lowest BCUT2D eigenvalue weighted by atomic mass is 9.97. The highest BCUT2D eigenvalue weighted by molar-refractivity contribution is 7.60. The third-order valence-electron chi connectivity index (χ3n) is 4.15. The Morgan fingerprint density at radius 1 is 1.08 bits per heavy atom. The molecule has 1 saturated heterocycles. The Morgan fingerprint density at radius 3 is 2.19 bits per heavy atom. The van der Waals surface area contributed by atoms with Gasteiger partial charge >= 0.3 is 5.97 Å². The van der Waals surface area contributed by atoms with Gasteiger partial charge in [0.05, 0.1) is 0 Å². The van der Waals surface area contributed by atoms with Crippen molar-refractivity contribution in [3.63, 3.8) is 0 Å². The second kappa shape index (κ2) is 7.85. The summed E-state index contributed by atoms with van der Waals surface area (Å²) in [6, 6.07) is 18.2. The normalized spacial score (nSPS) is 19.5. The Bertz CT molecular complexity index is 722. The van der Waals surface area contributed by atoms with Crippen molar-refractivity contribution in [3.8, 4) is 0 Å². The highest BCUT2D eigenvalue weighted by atomic mass is 31.2. The van der Waals surface area contributed by atoms with Crippen molar-refractivity contribution in [3.05, 3.63) is 71.8 Å². The van der Waals surface area contributed by atoms with Crippen LogP contribution in [0.25, 0.3) is 0 Å². The van der Waals surface area contributed by atoms with E-state index in [1.165, 1.54) is 0 Å². The third kappa shape index (κ3) is 4.49. The minimum atomic E-state index is -3.68. The smallest absolute Gasteiger partial charge is 0.357 e. The molecule has 0 N–H and O–H groups in total. The van der Waals surface area contributed by atoms with Crippen molar-refractivity contribution >= 4 is 13.9 Å². The number of esters is 1. The molecule has 1 aliphatic heterocycles. The minimum Gasteiger partial charge on any atom is -0.630 e. The number of rotatable bonds is 5. The molecule has 26 heavy (non-hydrogen) atoms. The SMILES string of the molecule is CC1(C)CO[P+]([O-])(C(C(=O)OCc2ccccc2)c2ccccc2)OC1. The summed E-state index contributed by atoms with van der Waals surface area (Å²) < 4.78 is 16.6. The topological polar surface area (TPSA) is 67.8 Å². The number of ether oxygens (including phenoxy) is 1. The van der Waals surface area contributed by atoms with Crippen LogP contribution in [0.15, 0.2) is 60.7 Å². The summed E-state index contributed by atoms with van der Waals surface area (Å²) in [7, 11) is -3.68. The van der Waals surface area contributed by atoms with Crippen LogP contribution < -0.4 is 4.89 Å². The molecule has 5 nitrogen and oxygen atoms in total. The molecule has 0 aromatic heterocycles. The number of benzene rings is 2. The Balaban J connectivity index is 1.81. The maximum absolute atomic E-state index is 13.3. The van der Waals surface area contributed by atoms with E-state index < -0.39 is 19.6 Å². The van der Waals surface area contributed by atoms with Crippen LogP contribution in [0.2, 0.25) is 0 Å². The molecule has 138 valence electrons. The Kier molecular flexibility index (Phi) is 5.73. The number of hydrogen-bond donors (Lipinski definition) is 0. The molecule has 0 spiro atoms. The zero-order valence-corrected chi connectivity index (χ0v) is 15.9. The van der Waals surface area contributed by atoms with Crippen molar-refractivity contribution < 1.29 is 23.5 Å². The second-order valence-electron chi connectivity index (χ2n) is 7.16. The van der Waals surface area contributed by atoms with Gasteiger partial charge in [-0.25, -0.2) is 13.8 Å². The van der Waals surface area contributed by atoms with Gasteiger partial charge < -0.3 is 9.63 Å². The predicted octanol–water partition coefficient (Wildman–Crippen LogP) is 3.67. The summed E-state index contributed by atoms with van der Waals surface area (Å²) in [5, 5.41) is 0. The van der Waals surface area contributed by atoms with E-state index in [1.54, 1.807) is 24.3 Å². The van der Waals surface area contributed by atoms with Crippen molar-refractivity contribution in [1.82, 2.24) is 0 Å². The second-order valence-corrected chi connectivity index (χ2v) is 9.27. The van der Waals surface area contributed by atoms with Gasteiger partial charge in [-0.2, -0.15) is 0 Å². The van der Waals surface area contributed by atoms with Gasteiger partial charge in [-0.05, 0) is 5.56 Å². The Labute approximate surface area is 154 Å². The molecular formula is C20H23O5P. The standard InChI is InChI=1S/C20H23O5P/c1-20(2)14-24-26(22,25-15-20)18(17-11-7-4-8-12-17)19(21)23-13-16-9-5-3-6-10-16/h3-12,18H,13-15H2,1-2H3. The maximum atomic E-state index is 13.3. The summed E-state index contributed by atoms with van der Waals surface area (Å²) >= 11 is 0. The van der Waals surface area contributed by atoms with Gasteiger partial charge in [0.15, 0.2) is 0 Å². The number of carbonyl (C=O) groups is 1. The molecule has 1 aliphatic rings. The van der Waals surface area contributed by atoms with E-state index in [9.17, 15) is 9.69 Å². The molecule has 0 amide bonds. The van der Waals surface area contributed by atoms with Crippen LogP contribution in [0.4, 0.5) is 0 Å². The lowest BCUT2D eigenvalue weighted by Crippen LogP contribution is -2.39. The maximum Gasteiger partial charge on any atom is 0.357 e. The quantitative estimate of drug-likeness (QED) is 0.590. The third-order valence-corrected chi connectivity index (χ3v) is 6.27. The molecule has 1 atom stereocenters. The first-order valence-corrected chi connectivity index (χ1v) is 10.2. The first-order chi connectivity index (χ1) is 12.4. The lowest BCUT2D eigenvalue weighted by molar-refractivity contribution is -0.237. The molecule has 3 rings (SSSR count). The first kappa shape index (κ1) is 19.0. The van der Waals surface area contributed by atoms with E-state index in [0.717, 1.165) is 5.56 Å². The van der Waals surface area contributed by atoms with Gasteiger partial charge in [0.25, 0.3) is 7.94 Å². The van der Waals surface area contributed by atoms with Gasteiger partial charge in [0.1, 0.15) is 19.8 Å². The zero-order valence-electron chi connectivity index (χ0n) is 15.0. The molecule has 0 bridgehead atoms. The zero-order chi connectivity index (χ0) is 18.6. The van der Waals surface area contributed by atoms with E-state index in [2.05, 4.69) is 0 Å². The molecule has 2 aromatic rings. The summed E-state index contributed by atoms with van der Waals surface area (Å²) in [5.74, 6) is -0.608. The van der Waals surface area contributed by atoms with Crippen molar-refractivity contribution in [1.29, 1.82) is 0 Å². The van der Waals surface area contributed by atoms with E-state index in [4.69, 9.17) is 13.8 Å². The summed E-state index contributed by atoms with van der Waals surface area (Å²) in [6.07, 6.45) is 0. The van der Waals surface area contributed by atoms with Crippen molar-refractivity contribution in [2.24, 2.45) is 5.41 Å². The fourth-order valence-corrected chi connectivity index (χ4v) is 4.95. The fourth-order valence-electron chi connectivity index (χ4n) is 2.65.